The van der Waals surface area contributed by atoms with E-state index in [1.807, 2.05) is 0 Å². The minimum absolute atomic E-state index is 0. The second kappa shape index (κ2) is 23.5. The van der Waals surface area contributed by atoms with E-state index in [1.54, 1.807) is 0 Å². The van der Waals surface area contributed by atoms with Gasteiger partial charge in [-0.15, -0.1) is 0 Å². The van der Waals surface area contributed by atoms with Gasteiger partial charge in [0, 0.05) is 13.1 Å². The molecule has 1 rings (SSSR count). The second-order valence-corrected chi connectivity index (χ2v) is 4.06. The number of hydrogen-bond acceptors (Lipinski definition) is 5. The van der Waals surface area contributed by atoms with Crippen molar-refractivity contribution in [2.75, 3.05) is 52.4 Å². The van der Waals surface area contributed by atoms with Crippen LogP contribution in [0.25, 0.3) is 0 Å². The first kappa shape index (κ1) is 24.4. The Kier molecular flexibility index (Phi) is 30.2. The zero-order valence-electron chi connectivity index (χ0n) is 11.4. The van der Waals surface area contributed by atoms with Gasteiger partial charge in [-0.3, -0.25) is 0 Å². The van der Waals surface area contributed by atoms with Gasteiger partial charge >= 0.3 is 29.7 Å². The van der Waals surface area contributed by atoms with E-state index in [-0.39, 0.29) is 31.9 Å². The monoisotopic (exact) mass is 381 g/mol. The number of nitrogens with one attached hydrogen (secondary N) is 4. The predicted octanol–water partition coefficient (Wildman–Crippen LogP) is -3.57. The molecule has 1 radical (unpaired) electrons. The van der Waals surface area contributed by atoms with Gasteiger partial charge < -0.3 is 33.7 Å². The molecule has 0 aromatic carbocycles. The Hall–Kier alpha value is 0.423. The van der Waals surface area contributed by atoms with Crippen LogP contribution in [0, 0.1) is 5.46 Å². The summed E-state index contributed by atoms with van der Waals surface area (Å²) in [6.45, 7) is 9.01. The van der Waals surface area contributed by atoms with Gasteiger partial charge in [-0.2, -0.15) is 0 Å². The molecule has 0 atom stereocenters. The average Bonchev–Trinajstić information content (AvgIpc) is 2.39. The van der Waals surface area contributed by atoms with Crippen LogP contribution in [-0.2, 0) is 24.3 Å². The molecule has 0 aliphatic carbocycles. The molecule has 0 spiro atoms. The molecule has 8 heteroatoms. The first-order chi connectivity index (χ1) is 8.50. The summed E-state index contributed by atoms with van der Waals surface area (Å²) in [6, 6.07) is 0. The Morgan fingerprint density at radius 2 is 0.737 bits per heavy atom. The summed E-state index contributed by atoms with van der Waals surface area (Å²) in [5.41, 5.74) is 5.75. The molecule has 1 fully saturated rings. The van der Waals surface area contributed by atoms with Crippen molar-refractivity contribution < 1.29 is 36.7 Å². The van der Waals surface area contributed by atoms with Crippen LogP contribution in [0.4, 0.5) is 0 Å². The molecule has 0 unspecified atom stereocenters. The Morgan fingerprint density at radius 1 is 0.526 bits per heavy atom. The van der Waals surface area contributed by atoms with Crippen LogP contribution in [0.15, 0.2) is 0 Å². The van der Waals surface area contributed by atoms with Crippen LogP contribution in [-0.4, -0.2) is 52.4 Å². The van der Waals surface area contributed by atoms with E-state index >= 15 is 0 Å². The summed E-state index contributed by atoms with van der Waals surface area (Å²) in [4.78, 5) is 0. The second-order valence-electron chi connectivity index (χ2n) is 4.06. The molecule has 0 amide bonds. The zero-order valence-corrected chi connectivity index (χ0v) is 13.9. The molecule has 19 heavy (non-hydrogen) atoms. The molecule has 113 valence electrons. The van der Waals surface area contributed by atoms with Gasteiger partial charge in [-0.05, 0) is 58.5 Å². The topological polar surface area (TPSA) is 91.8 Å². The quantitative estimate of drug-likeness (QED) is 0.258. The maximum absolute atomic E-state index is 7.25. The van der Waals surface area contributed by atoms with Crippen LogP contribution >= 0.6 is 0 Å². The summed E-state index contributed by atoms with van der Waals surface area (Å²) < 4.78 is 7.25. The number of nitrogens with zero attached hydrogens (tertiary/aromatic N) is 1. The van der Waals surface area contributed by atoms with Crippen LogP contribution in [0.2, 0.25) is 0 Å². The third-order valence-corrected chi connectivity index (χ3v) is 2.60. The van der Waals surface area contributed by atoms with Gasteiger partial charge in [0.05, 0.1) is 0 Å². The number of hydrogen-bond donors (Lipinski definition) is 4. The molecule has 0 aromatic rings. The molecule has 0 aromatic heterocycles. The van der Waals surface area contributed by atoms with E-state index in [2.05, 4.69) is 21.3 Å². The van der Waals surface area contributed by atoms with Crippen molar-refractivity contribution in [1.82, 2.24) is 21.3 Å². The fraction of sp³-hybridized carbons (Fsp3) is 1.00. The van der Waals surface area contributed by atoms with E-state index in [0.29, 0.717) is 0 Å². The number of rotatable bonds is 0. The Morgan fingerprint density at radius 3 is 1.00 bits per heavy atom. The van der Waals surface area contributed by atoms with Crippen LogP contribution in [0.5, 0.6) is 0 Å². The SMILES string of the molecule is C1CNCCCNCCNCCCNC1.N#[O+].[Cl-].[Ru+3]. The van der Waals surface area contributed by atoms with E-state index in [1.165, 1.54) is 19.3 Å². The minimum atomic E-state index is 0. The zero-order chi connectivity index (χ0) is 12.6. The molecule has 0 saturated carbocycles. The fourth-order valence-electron chi connectivity index (χ4n) is 1.69. The van der Waals surface area contributed by atoms with Crippen molar-refractivity contribution in [3.8, 4) is 0 Å². The van der Waals surface area contributed by atoms with Crippen molar-refractivity contribution in [1.29, 1.82) is 5.46 Å². The van der Waals surface area contributed by atoms with Crippen molar-refractivity contribution in [2.24, 2.45) is 0 Å². The van der Waals surface area contributed by atoms with Gasteiger partial charge in [0.25, 0.3) is 0 Å². The molecule has 6 nitrogen and oxygen atoms in total. The maximum Gasteiger partial charge on any atom is 3.00 e. The molecular weight excluding hydrogens is 355 g/mol. The van der Waals surface area contributed by atoms with Crippen molar-refractivity contribution in [3.05, 3.63) is 0 Å². The fourth-order valence-corrected chi connectivity index (χ4v) is 1.69. The van der Waals surface area contributed by atoms with E-state index < -0.39 is 0 Å². The molecule has 1 saturated heterocycles. The van der Waals surface area contributed by atoms with Crippen molar-refractivity contribution >= 4 is 0 Å². The first-order valence-electron chi connectivity index (χ1n) is 6.51. The van der Waals surface area contributed by atoms with Crippen LogP contribution in [0.1, 0.15) is 19.3 Å². The molecule has 1 aliphatic rings. The predicted molar refractivity (Wildman–Crippen MR) is 67.7 cm³/mol. The third-order valence-electron chi connectivity index (χ3n) is 2.60. The molecule has 1 heterocycles. The normalized spacial score (nSPS) is 19.1. The third kappa shape index (κ3) is 20.9. The average molecular weight is 381 g/mol. The molecular formula is C11H26ClN5ORu+3. The Balaban J connectivity index is -0.000000609. The smallest absolute Gasteiger partial charge is 1.00 e. The van der Waals surface area contributed by atoms with Gasteiger partial charge in [0.1, 0.15) is 0 Å². The molecule has 1 aliphatic heterocycles. The van der Waals surface area contributed by atoms with Gasteiger partial charge in [0.15, 0.2) is 0 Å². The summed E-state index contributed by atoms with van der Waals surface area (Å²) in [5.74, 6) is 0. The van der Waals surface area contributed by atoms with Gasteiger partial charge in [0.2, 0.25) is 0 Å². The Bertz CT molecular complexity index is 118. The molecule has 4 N–H and O–H groups in total. The minimum Gasteiger partial charge on any atom is -1.00 e. The van der Waals surface area contributed by atoms with E-state index in [4.69, 9.17) is 10.2 Å². The summed E-state index contributed by atoms with van der Waals surface area (Å²) in [5, 5.41) is 13.8. The molecule has 0 bridgehead atoms. The summed E-state index contributed by atoms with van der Waals surface area (Å²) >= 11 is 0. The maximum atomic E-state index is 7.25. The van der Waals surface area contributed by atoms with E-state index in [9.17, 15) is 0 Å². The Labute approximate surface area is 135 Å². The summed E-state index contributed by atoms with van der Waals surface area (Å²) in [6.07, 6.45) is 3.70. The number of halogens is 1. The standard InChI is InChI=1S/C11H26N4.ClH.NO.Ru/c1-4-12-6-2-8-14-10-11-15-9-3-7-13-5-1;;1-2;/h12-15H,1-11H2;1H;;/q;;+1;+3/p-1. The van der Waals surface area contributed by atoms with Crippen molar-refractivity contribution in [2.45, 2.75) is 19.3 Å². The van der Waals surface area contributed by atoms with E-state index in [0.717, 1.165) is 52.4 Å². The first-order valence-corrected chi connectivity index (χ1v) is 6.51. The van der Waals surface area contributed by atoms with Crippen LogP contribution < -0.4 is 33.7 Å². The van der Waals surface area contributed by atoms with Gasteiger partial charge in [-0.25, -0.2) is 0 Å². The van der Waals surface area contributed by atoms with Crippen molar-refractivity contribution in [3.63, 3.8) is 0 Å². The van der Waals surface area contributed by atoms with Gasteiger partial charge in [-0.1, -0.05) is 0 Å². The largest absolute Gasteiger partial charge is 3.00 e. The summed E-state index contributed by atoms with van der Waals surface area (Å²) in [7, 11) is 0. The van der Waals surface area contributed by atoms with Crippen LogP contribution in [0.3, 0.4) is 0 Å².